The van der Waals surface area contributed by atoms with Crippen molar-refractivity contribution in [2.75, 3.05) is 0 Å². The van der Waals surface area contributed by atoms with Crippen molar-refractivity contribution in [1.29, 1.82) is 0 Å². The average molecular weight is 411 g/mol. The minimum absolute atomic E-state index is 0.0591. The Morgan fingerprint density at radius 1 is 0.767 bits per heavy atom. The number of aromatic hydroxyl groups is 2. The van der Waals surface area contributed by atoms with E-state index in [1.807, 2.05) is 45.1 Å². The average Bonchev–Trinajstić information content (AvgIpc) is 2.70. The van der Waals surface area contributed by atoms with E-state index in [9.17, 15) is 25.5 Å². The van der Waals surface area contributed by atoms with E-state index in [4.69, 9.17) is 0 Å². The fourth-order valence-corrected chi connectivity index (χ4v) is 4.33. The first-order chi connectivity index (χ1) is 14.2. The molecule has 1 aliphatic carbocycles. The Morgan fingerprint density at radius 2 is 1.27 bits per heavy atom. The lowest BCUT2D eigenvalue weighted by Gasteiger charge is -2.28. The second kappa shape index (κ2) is 9.04. The second-order valence-electron chi connectivity index (χ2n) is 8.30. The molecule has 5 N–H and O–H groups in total. The summed E-state index contributed by atoms with van der Waals surface area (Å²) in [5.74, 6) is -0.112. The maximum absolute atomic E-state index is 11.1. The van der Waals surface area contributed by atoms with Gasteiger partial charge in [-0.2, -0.15) is 0 Å². The van der Waals surface area contributed by atoms with Crippen LogP contribution < -0.4 is 0 Å². The Balaban J connectivity index is 1.89. The topological polar surface area (TPSA) is 101 Å². The third-order valence-electron chi connectivity index (χ3n) is 5.69. The number of aryl methyl sites for hydroxylation is 2. The van der Waals surface area contributed by atoms with Crippen LogP contribution in [0.4, 0.5) is 0 Å². The van der Waals surface area contributed by atoms with Crippen LogP contribution in [-0.4, -0.2) is 31.6 Å². The molecule has 160 valence electrons. The third-order valence-corrected chi connectivity index (χ3v) is 5.69. The molecular weight excluding hydrogens is 380 g/mol. The molecule has 0 fully saturated rings. The first-order valence-corrected chi connectivity index (χ1v) is 10.1. The molecule has 1 aliphatic rings. The SMILES string of the molecule is CC1=CC(Cc2cc(C)cc(CO)c2O)C(O)C(Cc2cc(C)cc(CO)c2O)=C1. The van der Waals surface area contributed by atoms with Crippen molar-refractivity contribution < 1.29 is 25.5 Å². The van der Waals surface area contributed by atoms with Crippen LogP contribution in [0.25, 0.3) is 0 Å². The maximum atomic E-state index is 11.1. The quantitative estimate of drug-likeness (QED) is 0.503. The van der Waals surface area contributed by atoms with Gasteiger partial charge in [-0.15, -0.1) is 0 Å². The highest BCUT2D eigenvalue weighted by molar-refractivity contribution is 5.48. The van der Waals surface area contributed by atoms with E-state index in [0.717, 1.165) is 22.3 Å². The second-order valence-corrected chi connectivity index (χ2v) is 8.30. The van der Waals surface area contributed by atoms with Crippen molar-refractivity contribution in [2.24, 2.45) is 5.92 Å². The lowest BCUT2D eigenvalue weighted by molar-refractivity contribution is 0.159. The van der Waals surface area contributed by atoms with Gasteiger partial charge >= 0.3 is 0 Å². The predicted molar refractivity (Wildman–Crippen MR) is 116 cm³/mol. The Hall–Kier alpha value is -2.60. The molecule has 0 spiro atoms. The van der Waals surface area contributed by atoms with Gasteiger partial charge in [0.25, 0.3) is 0 Å². The predicted octanol–water partition coefficient (Wildman–Crippen LogP) is 3.35. The molecule has 5 heteroatoms. The standard InChI is InChI=1S/C25H30O5/c1-14-4-17(10-19-6-15(2)8-21(12-26)24(19)29)23(28)18(5-14)11-20-7-16(3)9-22(13-27)25(20)30/h4-9,17,23,26-30H,10-13H2,1-3H3. The smallest absolute Gasteiger partial charge is 0.124 e. The third kappa shape index (κ3) is 4.59. The van der Waals surface area contributed by atoms with Crippen LogP contribution in [0, 0.1) is 19.8 Å². The molecule has 30 heavy (non-hydrogen) atoms. The molecule has 0 aliphatic heterocycles. The van der Waals surface area contributed by atoms with Gasteiger partial charge < -0.3 is 25.5 Å². The molecule has 0 heterocycles. The zero-order valence-electron chi connectivity index (χ0n) is 17.7. The van der Waals surface area contributed by atoms with Crippen LogP contribution in [0.3, 0.4) is 0 Å². The summed E-state index contributed by atoms with van der Waals surface area (Å²) < 4.78 is 0. The van der Waals surface area contributed by atoms with E-state index in [2.05, 4.69) is 0 Å². The largest absolute Gasteiger partial charge is 0.507 e. The Morgan fingerprint density at radius 3 is 1.83 bits per heavy atom. The van der Waals surface area contributed by atoms with Gasteiger partial charge in [0.2, 0.25) is 0 Å². The molecule has 0 bridgehead atoms. The highest BCUT2D eigenvalue weighted by Crippen LogP contribution is 2.35. The summed E-state index contributed by atoms with van der Waals surface area (Å²) in [7, 11) is 0. The van der Waals surface area contributed by atoms with Gasteiger partial charge in [-0.3, -0.25) is 0 Å². The molecule has 3 rings (SSSR count). The van der Waals surface area contributed by atoms with Gasteiger partial charge in [-0.1, -0.05) is 53.1 Å². The number of hydrogen-bond donors (Lipinski definition) is 5. The van der Waals surface area contributed by atoms with Crippen LogP contribution in [0.2, 0.25) is 0 Å². The highest BCUT2D eigenvalue weighted by atomic mass is 16.3. The lowest BCUT2D eigenvalue weighted by atomic mass is 9.81. The summed E-state index contributed by atoms with van der Waals surface area (Å²) in [5.41, 5.74) is 5.96. The summed E-state index contributed by atoms with van der Waals surface area (Å²) in [6, 6.07) is 7.24. The Labute approximate surface area is 177 Å². The number of benzene rings is 2. The van der Waals surface area contributed by atoms with Gasteiger partial charge in [-0.25, -0.2) is 0 Å². The summed E-state index contributed by atoms with van der Waals surface area (Å²) in [5, 5.41) is 51.0. The summed E-state index contributed by atoms with van der Waals surface area (Å²) in [4.78, 5) is 0. The zero-order chi connectivity index (χ0) is 22.0. The van der Waals surface area contributed by atoms with Crippen molar-refractivity contribution >= 4 is 0 Å². The normalized spacial score (nSPS) is 18.9. The van der Waals surface area contributed by atoms with Crippen LogP contribution in [0.1, 0.15) is 40.3 Å². The molecule has 0 saturated heterocycles. The molecule has 5 nitrogen and oxygen atoms in total. The number of aliphatic hydroxyl groups excluding tert-OH is 3. The van der Waals surface area contributed by atoms with Gasteiger partial charge in [-0.05, 0) is 50.3 Å². The van der Waals surface area contributed by atoms with Crippen molar-refractivity contribution in [3.63, 3.8) is 0 Å². The minimum atomic E-state index is -0.774. The Kier molecular flexibility index (Phi) is 6.66. The molecule has 0 saturated carbocycles. The van der Waals surface area contributed by atoms with Crippen molar-refractivity contribution in [2.45, 2.75) is 52.9 Å². The molecule has 2 aromatic carbocycles. The van der Waals surface area contributed by atoms with E-state index in [1.54, 1.807) is 12.1 Å². The van der Waals surface area contributed by atoms with Gasteiger partial charge in [0.05, 0.1) is 19.3 Å². The lowest BCUT2D eigenvalue weighted by Crippen LogP contribution is -2.27. The van der Waals surface area contributed by atoms with Crippen molar-refractivity contribution in [3.8, 4) is 11.5 Å². The molecule has 2 unspecified atom stereocenters. The number of hydrogen-bond acceptors (Lipinski definition) is 5. The van der Waals surface area contributed by atoms with Crippen LogP contribution >= 0.6 is 0 Å². The van der Waals surface area contributed by atoms with Gasteiger partial charge in [0, 0.05) is 17.0 Å². The number of allylic oxidation sites excluding steroid dienone is 2. The van der Waals surface area contributed by atoms with Crippen LogP contribution in [0.15, 0.2) is 47.6 Å². The molecular formula is C25H30O5. The first kappa shape index (κ1) is 22.1. The van der Waals surface area contributed by atoms with Gasteiger partial charge in [0.1, 0.15) is 11.5 Å². The number of aliphatic hydroxyl groups is 3. The number of phenols is 2. The maximum Gasteiger partial charge on any atom is 0.124 e. The Bertz CT molecular complexity index is 1000. The molecule has 2 aromatic rings. The van der Waals surface area contributed by atoms with Crippen LogP contribution in [-0.2, 0) is 26.1 Å². The van der Waals surface area contributed by atoms with E-state index >= 15 is 0 Å². The van der Waals surface area contributed by atoms with Gasteiger partial charge in [0.15, 0.2) is 0 Å². The monoisotopic (exact) mass is 410 g/mol. The fourth-order valence-electron chi connectivity index (χ4n) is 4.33. The summed E-state index contributed by atoms with van der Waals surface area (Å²) in [6.45, 7) is 5.28. The zero-order valence-corrected chi connectivity index (χ0v) is 17.7. The molecule has 0 amide bonds. The van der Waals surface area contributed by atoms with E-state index in [1.165, 1.54) is 0 Å². The summed E-state index contributed by atoms with van der Waals surface area (Å²) in [6.07, 6.45) is 3.94. The summed E-state index contributed by atoms with van der Waals surface area (Å²) >= 11 is 0. The van der Waals surface area contributed by atoms with E-state index in [-0.39, 0.29) is 30.6 Å². The molecule has 0 aromatic heterocycles. The number of rotatable bonds is 6. The first-order valence-electron chi connectivity index (χ1n) is 10.1. The highest BCUT2D eigenvalue weighted by Gasteiger charge is 2.27. The minimum Gasteiger partial charge on any atom is -0.507 e. The van der Waals surface area contributed by atoms with E-state index < -0.39 is 6.10 Å². The molecule has 0 radical (unpaired) electrons. The fraction of sp³-hybridized carbons (Fsp3) is 0.360. The molecule has 2 atom stereocenters. The van der Waals surface area contributed by atoms with E-state index in [0.29, 0.717) is 35.1 Å². The van der Waals surface area contributed by atoms with Crippen molar-refractivity contribution in [3.05, 3.63) is 80.9 Å². The van der Waals surface area contributed by atoms with Crippen molar-refractivity contribution in [1.82, 2.24) is 0 Å². The van der Waals surface area contributed by atoms with Crippen LogP contribution in [0.5, 0.6) is 11.5 Å².